The lowest BCUT2D eigenvalue weighted by Gasteiger charge is -2.34. The summed E-state index contributed by atoms with van der Waals surface area (Å²) in [5, 5.41) is 2.85. The van der Waals surface area contributed by atoms with Crippen molar-refractivity contribution in [1.82, 2.24) is 0 Å². The van der Waals surface area contributed by atoms with Crippen LogP contribution in [0.1, 0.15) is 6.92 Å². The molecule has 0 bridgehead atoms. The van der Waals surface area contributed by atoms with Gasteiger partial charge in [0, 0.05) is 4.90 Å². The molecule has 1 aliphatic heterocycles. The first kappa shape index (κ1) is 18.6. The summed E-state index contributed by atoms with van der Waals surface area (Å²) in [6, 6.07) is 14.3. The number of carbonyl (C=O) groups excluding carboxylic acids is 1. The third-order valence-corrected chi connectivity index (χ3v) is 6.64. The van der Waals surface area contributed by atoms with Crippen molar-refractivity contribution in [2.45, 2.75) is 17.9 Å². The molecule has 2 aromatic carbocycles. The molecule has 138 valence electrons. The molecule has 3 rings (SSSR count). The number of ether oxygens (including phenoxy) is 1. The molecule has 1 aliphatic rings. The Balaban J connectivity index is 1.89. The number of rotatable bonds is 5. The van der Waals surface area contributed by atoms with Crippen molar-refractivity contribution < 1.29 is 17.9 Å². The first-order valence-corrected chi connectivity index (χ1v) is 11.0. The third kappa shape index (κ3) is 3.66. The van der Waals surface area contributed by atoms with Crippen LogP contribution in [0.4, 0.5) is 11.4 Å². The smallest absolute Gasteiger partial charge is 0.267 e. The fourth-order valence-corrected chi connectivity index (χ4v) is 4.40. The second-order valence-corrected chi connectivity index (χ2v) is 8.73. The fourth-order valence-electron chi connectivity index (χ4n) is 2.72. The van der Waals surface area contributed by atoms with Gasteiger partial charge >= 0.3 is 0 Å². The number of para-hydroxylation sites is 3. The van der Waals surface area contributed by atoms with Gasteiger partial charge in [-0.05, 0) is 37.4 Å². The monoisotopic (exact) mass is 392 g/mol. The standard InChI is InChI=1S/C18H20N2O4S2/c1-3-26(22,23)20-12-16(24-15-10-6-5-9-14(15)20)18(21)19-13-8-4-7-11-17(13)25-2/h4-11,16H,3,12H2,1-2H3,(H,19,21)/t16-/m0/s1. The van der Waals surface area contributed by atoms with Gasteiger partial charge in [-0.25, -0.2) is 8.42 Å². The van der Waals surface area contributed by atoms with E-state index in [2.05, 4.69) is 5.32 Å². The lowest BCUT2D eigenvalue weighted by Crippen LogP contribution is -2.49. The first-order valence-electron chi connectivity index (χ1n) is 8.16. The number of thioether (sulfide) groups is 1. The van der Waals surface area contributed by atoms with Gasteiger partial charge in [0.2, 0.25) is 10.0 Å². The number of fused-ring (bicyclic) bond motifs is 1. The molecule has 0 radical (unpaired) electrons. The molecule has 0 unspecified atom stereocenters. The SMILES string of the molecule is CCS(=O)(=O)N1C[C@@H](C(=O)Nc2ccccc2SC)Oc2ccccc21. The molecule has 0 spiro atoms. The lowest BCUT2D eigenvalue weighted by atomic mass is 10.2. The molecule has 0 aliphatic carbocycles. The van der Waals surface area contributed by atoms with Crippen LogP contribution >= 0.6 is 11.8 Å². The van der Waals surface area contributed by atoms with Gasteiger partial charge in [0.1, 0.15) is 5.75 Å². The summed E-state index contributed by atoms with van der Waals surface area (Å²) >= 11 is 1.52. The zero-order chi connectivity index (χ0) is 18.7. The van der Waals surface area contributed by atoms with E-state index in [1.165, 1.54) is 16.1 Å². The van der Waals surface area contributed by atoms with Crippen LogP contribution in [0, 0.1) is 0 Å². The molecule has 1 atom stereocenters. The number of hydrogen-bond donors (Lipinski definition) is 1. The minimum atomic E-state index is -3.52. The average molecular weight is 393 g/mol. The van der Waals surface area contributed by atoms with Crippen LogP contribution in [0.15, 0.2) is 53.4 Å². The second kappa shape index (κ2) is 7.59. The van der Waals surface area contributed by atoms with Crippen LogP contribution in [0.5, 0.6) is 5.75 Å². The number of sulfonamides is 1. The van der Waals surface area contributed by atoms with E-state index < -0.39 is 16.1 Å². The highest BCUT2D eigenvalue weighted by Crippen LogP contribution is 2.35. The second-order valence-electron chi connectivity index (χ2n) is 5.70. The maximum atomic E-state index is 12.7. The zero-order valence-corrected chi connectivity index (χ0v) is 16.1. The van der Waals surface area contributed by atoms with Crippen LogP contribution in [0.2, 0.25) is 0 Å². The molecule has 2 aromatic rings. The summed E-state index contributed by atoms with van der Waals surface area (Å²) in [6.45, 7) is 1.53. The van der Waals surface area contributed by atoms with Crippen molar-refractivity contribution in [3.05, 3.63) is 48.5 Å². The van der Waals surface area contributed by atoms with Crippen molar-refractivity contribution >= 4 is 39.1 Å². The maximum Gasteiger partial charge on any atom is 0.267 e. The Morgan fingerprint density at radius 2 is 1.92 bits per heavy atom. The van der Waals surface area contributed by atoms with Gasteiger partial charge in [-0.1, -0.05) is 24.3 Å². The minimum absolute atomic E-state index is 0.0506. The van der Waals surface area contributed by atoms with Gasteiger partial charge in [0.15, 0.2) is 6.10 Å². The van der Waals surface area contributed by atoms with E-state index in [4.69, 9.17) is 4.74 Å². The van der Waals surface area contributed by atoms with Crippen molar-refractivity contribution in [1.29, 1.82) is 0 Å². The average Bonchev–Trinajstić information content (AvgIpc) is 2.67. The number of nitrogens with one attached hydrogen (secondary N) is 1. The van der Waals surface area contributed by atoms with Gasteiger partial charge < -0.3 is 10.1 Å². The minimum Gasteiger partial charge on any atom is -0.476 e. The van der Waals surface area contributed by atoms with Gasteiger partial charge in [-0.2, -0.15) is 0 Å². The van der Waals surface area contributed by atoms with Crippen molar-refractivity contribution in [2.75, 3.05) is 28.2 Å². The van der Waals surface area contributed by atoms with E-state index in [0.717, 1.165) is 4.90 Å². The zero-order valence-electron chi connectivity index (χ0n) is 14.5. The normalized spacial score (nSPS) is 16.5. The van der Waals surface area contributed by atoms with Gasteiger partial charge in [0.05, 0.1) is 23.7 Å². The third-order valence-electron chi connectivity index (χ3n) is 4.09. The predicted octanol–water partition coefficient (Wildman–Crippen LogP) is 2.96. The molecular formula is C18H20N2O4S2. The van der Waals surface area contributed by atoms with Gasteiger partial charge in [-0.3, -0.25) is 9.10 Å². The summed E-state index contributed by atoms with van der Waals surface area (Å²) in [6.07, 6.45) is 0.995. The summed E-state index contributed by atoms with van der Waals surface area (Å²) < 4.78 is 32.0. The van der Waals surface area contributed by atoms with Gasteiger partial charge in [-0.15, -0.1) is 11.8 Å². The molecule has 26 heavy (non-hydrogen) atoms. The Kier molecular flexibility index (Phi) is 5.43. The quantitative estimate of drug-likeness (QED) is 0.792. The number of nitrogens with zero attached hydrogens (tertiary/aromatic N) is 1. The summed E-state index contributed by atoms with van der Waals surface area (Å²) in [7, 11) is -3.52. The molecule has 0 saturated heterocycles. The largest absolute Gasteiger partial charge is 0.476 e. The molecule has 1 amide bonds. The van der Waals surface area contributed by atoms with Crippen LogP contribution in [-0.2, 0) is 14.8 Å². The van der Waals surface area contributed by atoms with Crippen LogP contribution < -0.4 is 14.4 Å². The number of hydrogen-bond acceptors (Lipinski definition) is 5. The molecule has 1 N–H and O–H groups in total. The van der Waals surface area contributed by atoms with E-state index in [1.54, 1.807) is 37.3 Å². The number of amides is 1. The lowest BCUT2D eigenvalue weighted by molar-refractivity contribution is -0.122. The summed E-state index contributed by atoms with van der Waals surface area (Å²) in [5.41, 5.74) is 1.14. The highest BCUT2D eigenvalue weighted by atomic mass is 32.2. The Morgan fingerprint density at radius 3 is 2.65 bits per heavy atom. The highest BCUT2D eigenvalue weighted by Gasteiger charge is 2.36. The molecular weight excluding hydrogens is 372 g/mol. The van der Waals surface area contributed by atoms with E-state index in [0.29, 0.717) is 17.1 Å². The molecule has 8 heteroatoms. The van der Waals surface area contributed by atoms with Crippen LogP contribution in [-0.4, -0.2) is 39.0 Å². The molecule has 0 saturated carbocycles. The van der Waals surface area contributed by atoms with Crippen molar-refractivity contribution in [3.63, 3.8) is 0 Å². The highest BCUT2D eigenvalue weighted by molar-refractivity contribution is 7.98. The molecule has 6 nitrogen and oxygen atoms in total. The Bertz CT molecular complexity index is 915. The van der Waals surface area contributed by atoms with E-state index >= 15 is 0 Å². The predicted molar refractivity (Wildman–Crippen MR) is 105 cm³/mol. The Labute approximate surface area is 157 Å². The van der Waals surface area contributed by atoms with Gasteiger partial charge in [0.25, 0.3) is 5.91 Å². The number of anilines is 2. The maximum absolute atomic E-state index is 12.7. The molecule has 1 heterocycles. The number of benzene rings is 2. The van der Waals surface area contributed by atoms with Crippen molar-refractivity contribution in [3.8, 4) is 5.75 Å². The Morgan fingerprint density at radius 1 is 1.23 bits per heavy atom. The topological polar surface area (TPSA) is 75.7 Å². The van der Waals surface area contributed by atoms with E-state index in [1.807, 2.05) is 24.5 Å². The number of carbonyl (C=O) groups is 1. The first-order chi connectivity index (χ1) is 12.5. The summed E-state index contributed by atoms with van der Waals surface area (Å²) in [5.74, 6) is -0.0447. The van der Waals surface area contributed by atoms with Crippen LogP contribution in [0.3, 0.4) is 0 Å². The van der Waals surface area contributed by atoms with Crippen molar-refractivity contribution in [2.24, 2.45) is 0 Å². The summed E-state index contributed by atoms with van der Waals surface area (Å²) in [4.78, 5) is 13.7. The fraction of sp³-hybridized carbons (Fsp3) is 0.278. The van der Waals surface area contributed by atoms with Crippen LogP contribution in [0.25, 0.3) is 0 Å². The van der Waals surface area contributed by atoms with E-state index in [-0.39, 0.29) is 18.2 Å². The van der Waals surface area contributed by atoms with E-state index in [9.17, 15) is 13.2 Å². The molecule has 0 fully saturated rings. The Hall–Kier alpha value is -2.19. The molecule has 0 aromatic heterocycles.